The van der Waals surface area contributed by atoms with Gasteiger partial charge in [-0.15, -0.1) is 0 Å². The van der Waals surface area contributed by atoms with Gasteiger partial charge in [0, 0.05) is 5.69 Å². The average Bonchev–Trinajstić information content (AvgIpc) is 2.39. The molecule has 2 rings (SSSR count). The van der Waals surface area contributed by atoms with Gasteiger partial charge in [0.2, 0.25) is 5.75 Å². The fraction of sp³-hybridized carbons (Fsp3) is 0. The molecule has 2 N–H and O–H groups in total. The fourth-order valence-corrected chi connectivity index (χ4v) is 1.67. The van der Waals surface area contributed by atoms with E-state index in [1.54, 1.807) is 24.3 Å². The normalized spacial score (nSPS) is 9.83. The van der Waals surface area contributed by atoms with Crippen molar-refractivity contribution in [1.29, 1.82) is 0 Å². The number of phenolic OH excluding ortho intramolecular Hbond substituents is 1. The summed E-state index contributed by atoms with van der Waals surface area (Å²) in [5.41, 5.74) is 0.806. The summed E-state index contributed by atoms with van der Waals surface area (Å²) in [6, 6.07) is 13.4. The van der Waals surface area contributed by atoms with Gasteiger partial charge in [0.15, 0.2) is 5.75 Å². The van der Waals surface area contributed by atoms with Crippen LogP contribution in [0.5, 0.6) is 11.5 Å². The highest BCUT2D eigenvalue weighted by atomic mass is 35.5. The van der Waals surface area contributed by atoms with Crippen LogP contribution < -0.4 is 9.61 Å². The average molecular weight is 264 g/mol. The minimum atomic E-state index is -0.409. The van der Waals surface area contributed by atoms with Gasteiger partial charge in [-0.1, -0.05) is 24.3 Å². The quantitative estimate of drug-likeness (QED) is 0.894. The Morgan fingerprint density at radius 3 is 2.50 bits per heavy atom. The molecular formula is C13H10ClNO3. The lowest BCUT2D eigenvalue weighted by Crippen LogP contribution is -2.12. The summed E-state index contributed by atoms with van der Waals surface area (Å²) in [5, 5.41) is 12.2. The largest absolute Gasteiger partial charge is 0.504 e. The van der Waals surface area contributed by atoms with E-state index >= 15 is 0 Å². The van der Waals surface area contributed by atoms with E-state index in [-0.39, 0.29) is 17.1 Å². The predicted molar refractivity (Wildman–Crippen MR) is 69.0 cm³/mol. The van der Waals surface area contributed by atoms with Gasteiger partial charge in [0.1, 0.15) is 11.9 Å². The first-order chi connectivity index (χ1) is 8.72. The molecule has 0 radical (unpaired) electrons. The van der Waals surface area contributed by atoms with Crippen molar-refractivity contribution in [2.45, 2.75) is 0 Å². The van der Waals surface area contributed by atoms with Crippen molar-refractivity contribution in [2.75, 3.05) is 5.32 Å². The summed E-state index contributed by atoms with van der Waals surface area (Å²) >= 11 is 5.24. The number of carbonyl (C=O) groups is 1. The third kappa shape index (κ3) is 2.55. The Hall–Kier alpha value is -2.20. The minimum Gasteiger partial charge on any atom is -0.504 e. The van der Waals surface area contributed by atoms with Crippen LogP contribution in [-0.2, 0) is 0 Å². The maximum Gasteiger partial charge on any atom is 0.259 e. The molecule has 0 bridgehead atoms. The Bertz CT molecular complexity index is 557. The lowest BCUT2D eigenvalue weighted by Gasteiger charge is -2.08. The van der Waals surface area contributed by atoms with Crippen molar-refractivity contribution in [3.63, 3.8) is 0 Å². The molecule has 0 aliphatic heterocycles. The van der Waals surface area contributed by atoms with E-state index in [9.17, 15) is 9.90 Å². The van der Waals surface area contributed by atoms with Crippen molar-refractivity contribution in [1.82, 2.24) is 0 Å². The van der Waals surface area contributed by atoms with Gasteiger partial charge in [-0.3, -0.25) is 4.79 Å². The van der Waals surface area contributed by atoms with Crippen LogP contribution in [0.25, 0.3) is 0 Å². The first kappa shape index (κ1) is 12.3. The second-order valence-electron chi connectivity index (χ2n) is 3.55. The zero-order valence-corrected chi connectivity index (χ0v) is 10.0. The van der Waals surface area contributed by atoms with Crippen molar-refractivity contribution in [3.05, 3.63) is 54.1 Å². The minimum absolute atomic E-state index is 0.0624. The van der Waals surface area contributed by atoms with Gasteiger partial charge in [-0.25, -0.2) is 0 Å². The molecule has 0 fully saturated rings. The molecule has 0 spiro atoms. The molecule has 0 unspecified atom stereocenters. The van der Waals surface area contributed by atoms with Crippen LogP contribution in [0.15, 0.2) is 48.5 Å². The number of benzene rings is 2. The Morgan fingerprint density at radius 2 is 1.83 bits per heavy atom. The summed E-state index contributed by atoms with van der Waals surface area (Å²) in [5.74, 6) is -0.661. The number of amides is 1. The van der Waals surface area contributed by atoms with Crippen LogP contribution in [0.1, 0.15) is 10.4 Å². The van der Waals surface area contributed by atoms with E-state index in [1.165, 1.54) is 18.2 Å². The van der Waals surface area contributed by atoms with Crippen molar-refractivity contribution in [2.24, 2.45) is 0 Å². The first-order valence-corrected chi connectivity index (χ1v) is 5.50. The van der Waals surface area contributed by atoms with Gasteiger partial charge in [0.25, 0.3) is 5.91 Å². The molecule has 0 atom stereocenters. The number of rotatable bonds is 3. The monoisotopic (exact) mass is 263 g/mol. The summed E-state index contributed by atoms with van der Waals surface area (Å²) < 4.78 is 4.50. The van der Waals surface area contributed by atoms with Crippen molar-refractivity contribution >= 4 is 23.5 Å². The summed E-state index contributed by atoms with van der Waals surface area (Å²) in [4.78, 5) is 12.0. The zero-order chi connectivity index (χ0) is 13.0. The van der Waals surface area contributed by atoms with E-state index in [2.05, 4.69) is 9.61 Å². The van der Waals surface area contributed by atoms with Crippen LogP contribution in [0.3, 0.4) is 0 Å². The molecule has 2 aromatic rings. The van der Waals surface area contributed by atoms with Crippen LogP contribution in [0.4, 0.5) is 5.69 Å². The van der Waals surface area contributed by atoms with E-state index < -0.39 is 5.91 Å². The summed E-state index contributed by atoms with van der Waals surface area (Å²) in [6.07, 6.45) is 0. The van der Waals surface area contributed by atoms with Gasteiger partial charge < -0.3 is 14.7 Å². The highest BCUT2D eigenvalue weighted by Crippen LogP contribution is 2.31. The van der Waals surface area contributed by atoms with Crippen LogP contribution in [0, 0.1) is 0 Å². The molecule has 4 nitrogen and oxygen atoms in total. The summed E-state index contributed by atoms with van der Waals surface area (Å²) in [7, 11) is 0. The third-order valence-corrected chi connectivity index (χ3v) is 2.50. The molecule has 5 heteroatoms. The second kappa shape index (κ2) is 5.42. The Kier molecular flexibility index (Phi) is 3.69. The molecular weight excluding hydrogens is 254 g/mol. The molecule has 0 heterocycles. The molecule has 1 amide bonds. The second-order valence-corrected chi connectivity index (χ2v) is 3.71. The third-order valence-electron chi connectivity index (χ3n) is 2.35. The van der Waals surface area contributed by atoms with Gasteiger partial charge in [-0.2, -0.15) is 0 Å². The zero-order valence-electron chi connectivity index (χ0n) is 9.26. The molecule has 0 saturated carbocycles. The van der Waals surface area contributed by atoms with Gasteiger partial charge >= 0.3 is 0 Å². The fourth-order valence-electron chi connectivity index (χ4n) is 1.50. The molecule has 92 valence electrons. The molecule has 0 aliphatic carbocycles. The van der Waals surface area contributed by atoms with Crippen molar-refractivity contribution in [3.8, 4) is 11.5 Å². The Balaban J connectivity index is 2.27. The van der Waals surface area contributed by atoms with Crippen LogP contribution in [0.2, 0.25) is 0 Å². The highest BCUT2D eigenvalue weighted by Gasteiger charge is 2.16. The van der Waals surface area contributed by atoms with E-state index in [1.807, 2.05) is 6.07 Å². The number of carbonyl (C=O) groups excluding carboxylic acids is 1. The van der Waals surface area contributed by atoms with Gasteiger partial charge in [-0.05, 0) is 24.3 Å². The van der Waals surface area contributed by atoms with E-state index in [0.29, 0.717) is 5.69 Å². The number of hydrogen-bond donors (Lipinski definition) is 2. The molecule has 2 aromatic carbocycles. The molecule has 0 saturated heterocycles. The summed E-state index contributed by atoms with van der Waals surface area (Å²) in [6.45, 7) is 0. The number of nitrogens with one attached hydrogen (secondary N) is 1. The molecule has 0 aliphatic rings. The van der Waals surface area contributed by atoms with E-state index in [0.717, 1.165) is 0 Å². The maximum atomic E-state index is 12.0. The first-order valence-electron chi connectivity index (χ1n) is 5.19. The van der Waals surface area contributed by atoms with Crippen LogP contribution >= 0.6 is 11.9 Å². The smallest absolute Gasteiger partial charge is 0.259 e. The number of anilines is 1. The molecule has 18 heavy (non-hydrogen) atoms. The standard InChI is InChI=1S/C13H10ClNO3/c14-18-12-10(7-4-8-11(12)16)13(17)15-9-5-2-1-3-6-9/h1-8,16H,(H,15,17). The number of hydrogen-bond acceptors (Lipinski definition) is 3. The molecule has 0 aromatic heterocycles. The topological polar surface area (TPSA) is 58.6 Å². The number of halogens is 1. The Morgan fingerprint density at radius 1 is 1.11 bits per heavy atom. The number of aromatic hydroxyl groups is 1. The Labute approximate surface area is 109 Å². The van der Waals surface area contributed by atoms with Crippen LogP contribution in [-0.4, -0.2) is 11.0 Å². The van der Waals surface area contributed by atoms with E-state index in [4.69, 9.17) is 11.9 Å². The van der Waals surface area contributed by atoms with Crippen molar-refractivity contribution < 1.29 is 14.2 Å². The maximum absolute atomic E-state index is 12.0. The predicted octanol–water partition coefficient (Wildman–Crippen LogP) is 3.18. The highest BCUT2D eigenvalue weighted by molar-refractivity contribution is 6.12. The number of para-hydroxylation sites is 2. The van der Waals surface area contributed by atoms with Gasteiger partial charge in [0.05, 0.1) is 5.56 Å². The lowest BCUT2D eigenvalue weighted by atomic mass is 10.1. The SMILES string of the molecule is O=C(Nc1ccccc1)c1cccc(O)c1OCl. The number of phenols is 1. The lowest BCUT2D eigenvalue weighted by molar-refractivity contribution is 0.102.